The van der Waals surface area contributed by atoms with Gasteiger partial charge in [-0.05, 0) is 73.9 Å². The van der Waals surface area contributed by atoms with Gasteiger partial charge in [0.05, 0.1) is 17.7 Å². The molecule has 0 bridgehead atoms. The van der Waals surface area contributed by atoms with E-state index in [0.29, 0.717) is 24.2 Å². The lowest BCUT2D eigenvalue weighted by atomic mass is 10.1. The maximum Gasteiger partial charge on any atom is 0.264 e. The number of anilines is 1. The Kier molecular flexibility index (Phi) is 10.7. The van der Waals surface area contributed by atoms with Gasteiger partial charge in [-0.2, -0.15) is 0 Å². The Hall–Kier alpha value is -3.92. The minimum Gasteiger partial charge on any atom is -0.497 e. The third kappa shape index (κ3) is 7.59. The molecule has 2 amide bonds. The van der Waals surface area contributed by atoms with Gasteiger partial charge in [0.15, 0.2) is 0 Å². The summed E-state index contributed by atoms with van der Waals surface area (Å²) in [6.45, 7) is 5.03. The predicted octanol–water partition coefficient (Wildman–Crippen LogP) is 4.75. The Labute approximate surface area is 235 Å². The fraction of sp³-hybridized carbons (Fsp3) is 0.333. The number of benzene rings is 3. The van der Waals surface area contributed by atoms with Crippen LogP contribution in [0.3, 0.4) is 0 Å². The summed E-state index contributed by atoms with van der Waals surface area (Å²) >= 11 is 0. The van der Waals surface area contributed by atoms with E-state index in [1.807, 2.05) is 13.8 Å². The molecule has 2 atom stereocenters. The van der Waals surface area contributed by atoms with Crippen LogP contribution in [-0.4, -0.2) is 50.9 Å². The van der Waals surface area contributed by atoms with Crippen molar-refractivity contribution in [2.75, 3.05) is 18.0 Å². The first-order chi connectivity index (χ1) is 19.1. The summed E-state index contributed by atoms with van der Waals surface area (Å²) in [5.41, 5.74) is 0.864. The van der Waals surface area contributed by atoms with Crippen LogP contribution in [0.15, 0.2) is 83.8 Å². The molecular weight excluding hydrogens is 533 g/mol. The van der Waals surface area contributed by atoms with E-state index in [0.717, 1.165) is 4.31 Å². The van der Waals surface area contributed by atoms with Crippen molar-refractivity contribution in [2.45, 2.75) is 57.1 Å². The number of nitrogens with one attached hydrogen (secondary N) is 1. The van der Waals surface area contributed by atoms with Crippen molar-refractivity contribution in [3.63, 3.8) is 0 Å². The van der Waals surface area contributed by atoms with Gasteiger partial charge in [0.1, 0.15) is 24.2 Å². The van der Waals surface area contributed by atoms with Gasteiger partial charge in [0, 0.05) is 12.6 Å². The molecule has 1 N–H and O–H groups in total. The number of carbonyl (C=O) groups is 2. The van der Waals surface area contributed by atoms with E-state index in [9.17, 15) is 22.4 Å². The van der Waals surface area contributed by atoms with E-state index in [1.54, 1.807) is 49.4 Å². The van der Waals surface area contributed by atoms with Crippen LogP contribution < -0.4 is 14.4 Å². The van der Waals surface area contributed by atoms with Gasteiger partial charge in [0.25, 0.3) is 10.0 Å². The average Bonchev–Trinajstić information content (AvgIpc) is 2.97. The standard InChI is InChI=1S/C30H36FN3O5S/c1-5-22(3)32-30(36)28(6-2)33(20-23-12-14-24(31)15-13-23)29(35)21-34(25-16-18-26(39-4)19-17-25)40(37,38)27-10-8-7-9-11-27/h7-19,22,28H,5-6,20-21H2,1-4H3,(H,32,36). The number of sulfonamides is 1. The third-order valence-corrected chi connectivity index (χ3v) is 8.41. The highest BCUT2D eigenvalue weighted by atomic mass is 32.2. The van der Waals surface area contributed by atoms with Gasteiger partial charge in [-0.25, -0.2) is 12.8 Å². The number of rotatable bonds is 13. The maximum absolute atomic E-state index is 14.0. The van der Waals surface area contributed by atoms with Crippen LogP contribution in [-0.2, 0) is 26.2 Å². The van der Waals surface area contributed by atoms with Crippen molar-refractivity contribution in [2.24, 2.45) is 0 Å². The number of hydrogen-bond donors (Lipinski definition) is 1. The van der Waals surface area contributed by atoms with E-state index in [-0.39, 0.29) is 29.1 Å². The first-order valence-corrected chi connectivity index (χ1v) is 14.6. The second kappa shape index (κ2) is 13.9. The van der Waals surface area contributed by atoms with Gasteiger partial charge in [-0.15, -0.1) is 0 Å². The fourth-order valence-electron chi connectivity index (χ4n) is 4.14. The number of ether oxygens (including phenoxy) is 1. The minimum atomic E-state index is -4.16. The van der Waals surface area contributed by atoms with Crippen molar-refractivity contribution >= 4 is 27.5 Å². The van der Waals surface area contributed by atoms with Gasteiger partial charge in [-0.1, -0.05) is 44.2 Å². The largest absolute Gasteiger partial charge is 0.497 e. The molecule has 2 unspecified atom stereocenters. The van der Waals surface area contributed by atoms with Gasteiger partial charge < -0.3 is 15.0 Å². The Morgan fingerprint density at radius 2 is 1.55 bits per heavy atom. The minimum absolute atomic E-state index is 0.00656. The highest BCUT2D eigenvalue weighted by Gasteiger charge is 2.34. The molecule has 3 aromatic carbocycles. The smallest absolute Gasteiger partial charge is 0.264 e. The number of amides is 2. The first kappa shape index (κ1) is 30.6. The Bertz CT molecular complexity index is 1370. The van der Waals surface area contributed by atoms with E-state index < -0.39 is 34.3 Å². The van der Waals surface area contributed by atoms with Crippen molar-refractivity contribution in [3.8, 4) is 5.75 Å². The zero-order valence-corrected chi connectivity index (χ0v) is 24.0. The van der Waals surface area contributed by atoms with Crippen molar-refractivity contribution in [3.05, 3.63) is 90.2 Å². The number of hydrogen-bond acceptors (Lipinski definition) is 5. The van der Waals surface area contributed by atoms with Crippen LogP contribution in [0.2, 0.25) is 0 Å². The number of methoxy groups -OCH3 is 1. The SMILES string of the molecule is CCC(C)NC(=O)C(CC)N(Cc1ccc(F)cc1)C(=O)CN(c1ccc(OC)cc1)S(=O)(=O)c1ccccc1. The average molecular weight is 570 g/mol. The summed E-state index contributed by atoms with van der Waals surface area (Å²) in [6.07, 6.45) is 0.998. The van der Waals surface area contributed by atoms with Crippen LogP contribution in [0.5, 0.6) is 5.75 Å². The number of carbonyl (C=O) groups excluding carboxylic acids is 2. The highest BCUT2D eigenvalue weighted by Crippen LogP contribution is 2.26. The van der Waals surface area contributed by atoms with Gasteiger partial charge in [-0.3, -0.25) is 13.9 Å². The van der Waals surface area contributed by atoms with Crippen LogP contribution >= 0.6 is 0 Å². The summed E-state index contributed by atoms with van der Waals surface area (Å²) in [7, 11) is -2.66. The lowest BCUT2D eigenvalue weighted by molar-refractivity contribution is -0.140. The molecule has 3 rings (SSSR count). The Balaban J connectivity index is 2.04. The Morgan fingerprint density at radius 1 is 0.925 bits per heavy atom. The number of nitrogens with zero attached hydrogens (tertiary/aromatic N) is 2. The van der Waals surface area contributed by atoms with Gasteiger partial charge in [0.2, 0.25) is 11.8 Å². The quantitative estimate of drug-likeness (QED) is 0.321. The lowest BCUT2D eigenvalue weighted by Gasteiger charge is -2.33. The zero-order valence-electron chi connectivity index (χ0n) is 23.2. The monoisotopic (exact) mass is 569 g/mol. The predicted molar refractivity (Wildman–Crippen MR) is 153 cm³/mol. The summed E-state index contributed by atoms with van der Waals surface area (Å²) in [4.78, 5) is 28.7. The first-order valence-electron chi connectivity index (χ1n) is 13.2. The van der Waals surface area contributed by atoms with Crippen molar-refractivity contribution in [1.29, 1.82) is 0 Å². The van der Waals surface area contributed by atoms with E-state index in [2.05, 4.69) is 5.32 Å². The molecular formula is C30H36FN3O5S. The molecule has 0 saturated carbocycles. The molecule has 214 valence electrons. The second-order valence-electron chi connectivity index (χ2n) is 9.41. The molecule has 0 aliphatic rings. The fourth-order valence-corrected chi connectivity index (χ4v) is 5.58. The molecule has 0 radical (unpaired) electrons. The lowest BCUT2D eigenvalue weighted by Crippen LogP contribution is -2.53. The van der Waals surface area contributed by atoms with Crippen molar-refractivity contribution < 1.29 is 27.1 Å². The van der Waals surface area contributed by atoms with Crippen molar-refractivity contribution in [1.82, 2.24) is 10.2 Å². The molecule has 40 heavy (non-hydrogen) atoms. The zero-order chi connectivity index (χ0) is 29.3. The molecule has 0 aromatic heterocycles. The van der Waals surface area contributed by atoms with E-state index in [1.165, 1.54) is 48.4 Å². The Morgan fingerprint density at radius 3 is 2.10 bits per heavy atom. The molecule has 3 aromatic rings. The van der Waals surface area contributed by atoms with Crippen LogP contribution in [0.25, 0.3) is 0 Å². The molecule has 0 aliphatic heterocycles. The van der Waals surface area contributed by atoms with Gasteiger partial charge >= 0.3 is 0 Å². The highest BCUT2D eigenvalue weighted by molar-refractivity contribution is 7.92. The van der Waals surface area contributed by atoms with E-state index >= 15 is 0 Å². The molecule has 0 saturated heterocycles. The van der Waals surface area contributed by atoms with Crippen LogP contribution in [0.4, 0.5) is 10.1 Å². The molecule has 0 heterocycles. The van der Waals surface area contributed by atoms with Crippen LogP contribution in [0.1, 0.15) is 39.2 Å². The maximum atomic E-state index is 14.0. The molecule has 10 heteroatoms. The number of halogens is 1. The van der Waals surface area contributed by atoms with Crippen LogP contribution in [0, 0.1) is 5.82 Å². The molecule has 0 spiro atoms. The molecule has 0 fully saturated rings. The second-order valence-corrected chi connectivity index (χ2v) is 11.3. The molecule has 8 nitrogen and oxygen atoms in total. The normalized spacial score (nSPS) is 12.7. The summed E-state index contributed by atoms with van der Waals surface area (Å²) in [5, 5.41) is 2.93. The summed E-state index contributed by atoms with van der Waals surface area (Å²) in [5.74, 6) is -0.819. The summed E-state index contributed by atoms with van der Waals surface area (Å²) in [6, 6.07) is 18.8. The molecule has 0 aliphatic carbocycles. The topological polar surface area (TPSA) is 96.0 Å². The van der Waals surface area contributed by atoms with E-state index in [4.69, 9.17) is 4.74 Å². The third-order valence-electron chi connectivity index (χ3n) is 6.62. The summed E-state index contributed by atoms with van der Waals surface area (Å²) < 4.78 is 47.4.